The predicted octanol–water partition coefficient (Wildman–Crippen LogP) is 2.89. The maximum absolute atomic E-state index is 13.0. The lowest BCUT2D eigenvalue weighted by Gasteiger charge is -2.08. The third kappa shape index (κ3) is 4.17. The summed E-state index contributed by atoms with van der Waals surface area (Å²) in [6.07, 6.45) is 3.08. The van der Waals surface area contributed by atoms with Crippen LogP contribution in [0.1, 0.15) is 11.3 Å². The van der Waals surface area contributed by atoms with Crippen molar-refractivity contribution in [3.63, 3.8) is 0 Å². The van der Waals surface area contributed by atoms with Crippen LogP contribution in [0.2, 0.25) is 0 Å². The van der Waals surface area contributed by atoms with Crippen LogP contribution < -0.4 is 5.69 Å². The molecule has 0 bridgehead atoms. The monoisotopic (exact) mass is 449 g/mol. The normalized spacial score (nSPS) is 11.7. The lowest BCUT2D eigenvalue weighted by atomic mass is 10.1. The van der Waals surface area contributed by atoms with Gasteiger partial charge in [0, 0.05) is 22.9 Å². The molecule has 0 aliphatic carbocycles. The largest absolute Gasteiger partial charge is 0.493 e. The van der Waals surface area contributed by atoms with Gasteiger partial charge < -0.3 is 5.11 Å². The summed E-state index contributed by atoms with van der Waals surface area (Å²) >= 11 is -0.257. The van der Waals surface area contributed by atoms with Gasteiger partial charge in [0.2, 0.25) is 11.7 Å². The summed E-state index contributed by atoms with van der Waals surface area (Å²) in [4.78, 5) is 17.1. The van der Waals surface area contributed by atoms with Crippen LogP contribution in [0, 0.1) is 6.92 Å². The number of nitrogens with one attached hydrogen (secondary N) is 1. The molecule has 4 aromatic rings. The van der Waals surface area contributed by atoms with Gasteiger partial charge in [-0.15, -0.1) is 10.2 Å². The summed E-state index contributed by atoms with van der Waals surface area (Å²) in [6, 6.07) is 6.86. The quantitative estimate of drug-likeness (QED) is 0.450. The zero-order chi connectivity index (χ0) is 22.2. The van der Waals surface area contributed by atoms with Crippen LogP contribution in [0.15, 0.2) is 52.4 Å². The van der Waals surface area contributed by atoms with Crippen molar-refractivity contribution < 1.29 is 18.3 Å². The van der Waals surface area contributed by atoms with Gasteiger partial charge in [-0.1, -0.05) is 0 Å². The van der Waals surface area contributed by atoms with Gasteiger partial charge in [0.1, 0.15) is 0 Å². The second-order valence-electron chi connectivity index (χ2n) is 6.42. The fourth-order valence-electron chi connectivity index (χ4n) is 3.06. The number of imidazole rings is 1. The summed E-state index contributed by atoms with van der Waals surface area (Å²) < 4.78 is 40.0. The van der Waals surface area contributed by atoms with E-state index in [4.69, 9.17) is 0 Å². The van der Waals surface area contributed by atoms with E-state index in [0.717, 1.165) is 4.57 Å². The van der Waals surface area contributed by atoms with Gasteiger partial charge in [0.15, 0.2) is 0 Å². The molecule has 0 atom stereocenters. The van der Waals surface area contributed by atoms with Crippen molar-refractivity contribution in [3.8, 4) is 23.0 Å². The third-order valence-corrected chi connectivity index (χ3v) is 5.26. The Bertz CT molecular complexity index is 1270. The lowest BCUT2D eigenvalue weighted by molar-refractivity contribution is -0.0328. The first-order valence-corrected chi connectivity index (χ1v) is 9.60. The molecule has 2 N–H and O–H groups in total. The molecule has 1 aromatic carbocycles. The number of H-pyrrole nitrogens is 1. The highest BCUT2D eigenvalue weighted by Gasteiger charge is 2.29. The Labute approximate surface area is 176 Å². The molecular formula is C18H14F3N7O2S. The zero-order valence-corrected chi connectivity index (χ0v) is 16.6. The number of rotatable bonds is 5. The first-order valence-electron chi connectivity index (χ1n) is 8.78. The van der Waals surface area contributed by atoms with Crippen LogP contribution in [-0.4, -0.2) is 45.4 Å². The number of halogens is 3. The highest BCUT2D eigenvalue weighted by molar-refractivity contribution is 8.00. The minimum Gasteiger partial charge on any atom is -0.493 e. The molecule has 0 spiro atoms. The fraction of sp³-hybridized carbons (Fsp3) is 0.167. The van der Waals surface area contributed by atoms with E-state index in [-0.39, 0.29) is 40.5 Å². The Balaban J connectivity index is 1.71. The van der Waals surface area contributed by atoms with Crippen LogP contribution in [0.25, 0.3) is 17.1 Å². The smallest absolute Gasteiger partial charge is 0.446 e. The van der Waals surface area contributed by atoms with E-state index in [1.807, 2.05) is 0 Å². The summed E-state index contributed by atoms with van der Waals surface area (Å²) in [5.74, 6) is -0.00778. The van der Waals surface area contributed by atoms with E-state index >= 15 is 0 Å². The minimum atomic E-state index is -4.42. The Morgan fingerprint density at radius 3 is 2.58 bits per heavy atom. The molecule has 0 fully saturated rings. The Hall–Kier alpha value is -3.61. The SMILES string of the molecule is Cc1c(O)n(-c2ccc(SC(F)(F)F)cc2)c(=O)n1Cc1ccncc1-c1nn[nH]n1. The standard InChI is InChI=1S/C18H14F3N7O2S/c1-10-16(29)28(12-2-4-13(5-3-12)31-18(19,20)21)17(30)27(10)9-11-6-7-22-8-14(11)15-23-25-26-24-15/h2-8,29H,9H2,1H3,(H,23,24,25,26). The van der Waals surface area contributed by atoms with Gasteiger partial charge in [-0.2, -0.15) is 18.4 Å². The molecule has 160 valence electrons. The minimum absolute atomic E-state index is 0.0264. The number of hydrogen-bond donors (Lipinski definition) is 2. The molecule has 4 rings (SSSR count). The number of aromatic amines is 1. The molecule has 13 heteroatoms. The molecule has 0 unspecified atom stereocenters. The number of thioether (sulfide) groups is 1. The van der Waals surface area contributed by atoms with Crippen LogP contribution in [-0.2, 0) is 6.54 Å². The van der Waals surface area contributed by atoms with Crippen LogP contribution in [0.4, 0.5) is 13.2 Å². The highest BCUT2D eigenvalue weighted by Crippen LogP contribution is 2.37. The lowest BCUT2D eigenvalue weighted by Crippen LogP contribution is -2.24. The van der Waals surface area contributed by atoms with Crippen molar-refractivity contribution >= 4 is 11.8 Å². The topological polar surface area (TPSA) is 115 Å². The van der Waals surface area contributed by atoms with Crippen molar-refractivity contribution in [1.29, 1.82) is 0 Å². The Kier molecular flexibility index (Phi) is 5.27. The summed E-state index contributed by atoms with van der Waals surface area (Å²) in [5.41, 5.74) is -3.22. The molecule has 3 aromatic heterocycles. The molecule has 0 aliphatic rings. The number of aromatic nitrogens is 7. The Morgan fingerprint density at radius 1 is 1.19 bits per heavy atom. The predicted molar refractivity (Wildman–Crippen MR) is 105 cm³/mol. The van der Waals surface area contributed by atoms with Crippen molar-refractivity contribution in [1.82, 2.24) is 34.7 Å². The number of tetrazole rings is 1. The van der Waals surface area contributed by atoms with Crippen molar-refractivity contribution in [2.45, 2.75) is 23.9 Å². The van der Waals surface area contributed by atoms with Gasteiger partial charge in [-0.3, -0.25) is 9.55 Å². The summed E-state index contributed by atoms with van der Waals surface area (Å²) in [7, 11) is 0. The first kappa shape index (κ1) is 20.7. The van der Waals surface area contributed by atoms with Crippen LogP contribution in [0.5, 0.6) is 5.88 Å². The molecule has 0 aliphatic heterocycles. The van der Waals surface area contributed by atoms with Gasteiger partial charge in [0.25, 0.3) is 0 Å². The molecule has 0 radical (unpaired) electrons. The molecule has 0 amide bonds. The highest BCUT2D eigenvalue weighted by atomic mass is 32.2. The number of pyridine rings is 1. The number of benzene rings is 1. The van der Waals surface area contributed by atoms with Gasteiger partial charge in [0.05, 0.1) is 17.9 Å². The average Bonchev–Trinajstić information content (AvgIpc) is 3.32. The average molecular weight is 449 g/mol. The van der Waals surface area contributed by atoms with Crippen LogP contribution >= 0.6 is 11.8 Å². The van der Waals surface area contributed by atoms with Gasteiger partial charge >= 0.3 is 11.2 Å². The molecule has 9 nitrogen and oxygen atoms in total. The van der Waals surface area contributed by atoms with Crippen molar-refractivity contribution in [3.05, 3.63) is 64.5 Å². The second kappa shape index (κ2) is 7.91. The molecule has 3 heterocycles. The molecule has 0 saturated carbocycles. The Morgan fingerprint density at radius 2 is 1.94 bits per heavy atom. The van der Waals surface area contributed by atoms with Gasteiger partial charge in [-0.25, -0.2) is 9.36 Å². The number of hydrogen-bond acceptors (Lipinski definition) is 7. The number of nitrogens with zero attached hydrogens (tertiary/aromatic N) is 6. The third-order valence-electron chi connectivity index (χ3n) is 4.52. The van der Waals surface area contributed by atoms with E-state index in [1.54, 1.807) is 19.2 Å². The number of aromatic hydroxyl groups is 1. The van der Waals surface area contributed by atoms with E-state index in [1.165, 1.54) is 35.0 Å². The second-order valence-corrected chi connectivity index (χ2v) is 7.56. The van der Waals surface area contributed by atoms with Gasteiger partial charge in [-0.05, 0) is 59.8 Å². The zero-order valence-electron chi connectivity index (χ0n) is 15.8. The van der Waals surface area contributed by atoms with E-state index in [0.29, 0.717) is 17.0 Å². The maximum atomic E-state index is 13.0. The number of alkyl halides is 3. The van der Waals surface area contributed by atoms with Crippen molar-refractivity contribution in [2.24, 2.45) is 0 Å². The molecule has 31 heavy (non-hydrogen) atoms. The summed E-state index contributed by atoms with van der Waals surface area (Å²) in [5, 5.41) is 24.3. The van der Waals surface area contributed by atoms with Crippen LogP contribution in [0.3, 0.4) is 0 Å². The van der Waals surface area contributed by atoms with Crippen molar-refractivity contribution in [2.75, 3.05) is 0 Å². The molecular weight excluding hydrogens is 435 g/mol. The fourth-order valence-corrected chi connectivity index (χ4v) is 3.60. The van der Waals surface area contributed by atoms with E-state index < -0.39 is 11.2 Å². The molecule has 0 saturated heterocycles. The first-order chi connectivity index (χ1) is 14.7. The van der Waals surface area contributed by atoms with E-state index in [9.17, 15) is 23.1 Å². The maximum Gasteiger partial charge on any atom is 0.446 e. The summed E-state index contributed by atoms with van der Waals surface area (Å²) in [6.45, 7) is 1.65. The van der Waals surface area contributed by atoms with E-state index in [2.05, 4.69) is 25.6 Å².